The lowest BCUT2D eigenvalue weighted by molar-refractivity contribution is 0.232. The lowest BCUT2D eigenvalue weighted by Gasteiger charge is -2.34. The smallest absolute Gasteiger partial charge is 0.123 e. The van der Waals surface area contributed by atoms with E-state index < -0.39 is 0 Å². The molecule has 0 aromatic heterocycles. The summed E-state index contributed by atoms with van der Waals surface area (Å²) in [5, 5.41) is 3.55. The molecule has 106 valence electrons. The van der Waals surface area contributed by atoms with E-state index in [2.05, 4.69) is 35.1 Å². The topological polar surface area (TPSA) is 12.0 Å². The van der Waals surface area contributed by atoms with E-state index in [1.165, 1.54) is 31.7 Å². The second kappa shape index (κ2) is 6.85. The molecule has 0 amide bonds. The Morgan fingerprint density at radius 3 is 2.63 bits per heavy atom. The van der Waals surface area contributed by atoms with Gasteiger partial charge in [-0.3, -0.25) is 0 Å². The van der Waals surface area contributed by atoms with Gasteiger partial charge in [-0.05, 0) is 55.0 Å². The van der Waals surface area contributed by atoms with Crippen LogP contribution in [0.5, 0.6) is 0 Å². The van der Waals surface area contributed by atoms with Gasteiger partial charge in [-0.1, -0.05) is 42.6 Å². The van der Waals surface area contributed by atoms with Crippen LogP contribution in [0.1, 0.15) is 51.1 Å². The third-order valence-electron chi connectivity index (χ3n) is 4.25. The molecule has 1 saturated carbocycles. The van der Waals surface area contributed by atoms with Gasteiger partial charge in [-0.2, -0.15) is 0 Å². The molecular formula is C16H23BrFN. The standard InChI is InChI=1S/C16H23BrFN/c1-3-19-16(12-6-4-11(2)5-7-12)14-10-13(18)8-9-15(14)17/h8-12,16,19H,3-7H2,1-2H3. The van der Waals surface area contributed by atoms with Crippen LogP contribution in [0.3, 0.4) is 0 Å². The van der Waals surface area contributed by atoms with Crippen molar-refractivity contribution < 1.29 is 4.39 Å². The Balaban J connectivity index is 2.21. The van der Waals surface area contributed by atoms with Crippen molar-refractivity contribution in [2.24, 2.45) is 11.8 Å². The van der Waals surface area contributed by atoms with Crippen LogP contribution in [-0.2, 0) is 0 Å². The summed E-state index contributed by atoms with van der Waals surface area (Å²) in [5.41, 5.74) is 1.07. The van der Waals surface area contributed by atoms with Gasteiger partial charge in [-0.25, -0.2) is 4.39 Å². The second-order valence-corrected chi connectivity index (χ2v) is 6.58. The van der Waals surface area contributed by atoms with Gasteiger partial charge in [0.05, 0.1) is 0 Å². The summed E-state index contributed by atoms with van der Waals surface area (Å²) in [5.74, 6) is 1.31. The fraction of sp³-hybridized carbons (Fsp3) is 0.625. The summed E-state index contributed by atoms with van der Waals surface area (Å²) < 4.78 is 14.5. The Labute approximate surface area is 124 Å². The van der Waals surface area contributed by atoms with Crippen molar-refractivity contribution in [2.75, 3.05) is 6.54 Å². The molecule has 3 heteroatoms. The van der Waals surface area contributed by atoms with E-state index in [-0.39, 0.29) is 11.9 Å². The van der Waals surface area contributed by atoms with E-state index in [1.54, 1.807) is 6.07 Å². The Bertz CT molecular complexity index is 413. The van der Waals surface area contributed by atoms with Crippen molar-refractivity contribution in [1.82, 2.24) is 5.32 Å². The van der Waals surface area contributed by atoms with Crippen molar-refractivity contribution in [2.45, 2.75) is 45.6 Å². The summed E-state index contributed by atoms with van der Waals surface area (Å²) >= 11 is 3.57. The van der Waals surface area contributed by atoms with Gasteiger partial charge in [0.15, 0.2) is 0 Å². The highest BCUT2D eigenvalue weighted by Gasteiger charge is 2.28. The van der Waals surface area contributed by atoms with Crippen LogP contribution < -0.4 is 5.32 Å². The molecule has 1 aliphatic carbocycles. The second-order valence-electron chi connectivity index (χ2n) is 5.72. The highest BCUT2D eigenvalue weighted by molar-refractivity contribution is 9.10. The van der Waals surface area contributed by atoms with E-state index in [1.807, 2.05) is 6.07 Å². The number of benzene rings is 1. The molecule has 1 fully saturated rings. The number of halogens is 2. The van der Waals surface area contributed by atoms with Crippen molar-refractivity contribution in [3.8, 4) is 0 Å². The van der Waals surface area contributed by atoms with E-state index in [9.17, 15) is 4.39 Å². The average Bonchev–Trinajstić information content (AvgIpc) is 2.40. The van der Waals surface area contributed by atoms with Crippen LogP contribution in [0.25, 0.3) is 0 Å². The zero-order valence-corrected chi connectivity index (χ0v) is 13.3. The molecule has 0 saturated heterocycles. The minimum absolute atomic E-state index is 0.148. The van der Waals surface area contributed by atoms with E-state index in [0.29, 0.717) is 5.92 Å². The van der Waals surface area contributed by atoms with Crippen LogP contribution in [0.2, 0.25) is 0 Å². The lowest BCUT2D eigenvalue weighted by Crippen LogP contribution is -2.31. The predicted molar refractivity (Wildman–Crippen MR) is 81.6 cm³/mol. The molecule has 0 spiro atoms. The summed E-state index contributed by atoms with van der Waals surface area (Å²) in [4.78, 5) is 0. The molecule has 0 bridgehead atoms. The molecule has 1 unspecified atom stereocenters. The normalized spacial score (nSPS) is 25.3. The highest BCUT2D eigenvalue weighted by Crippen LogP contribution is 2.39. The van der Waals surface area contributed by atoms with Crippen LogP contribution >= 0.6 is 15.9 Å². The van der Waals surface area contributed by atoms with Gasteiger partial charge in [0, 0.05) is 10.5 Å². The van der Waals surface area contributed by atoms with Crippen molar-refractivity contribution in [3.63, 3.8) is 0 Å². The zero-order valence-electron chi connectivity index (χ0n) is 11.8. The van der Waals surface area contributed by atoms with Gasteiger partial charge in [0.1, 0.15) is 5.82 Å². The molecule has 1 aromatic carbocycles. The summed E-state index contributed by atoms with van der Waals surface area (Å²) in [6, 6.07) is 5.28. The van der Waals surface area contributed by atoms with Crippen LogP contribution in [-0.4, -0.2) is 6.54 Å². The fourth-order valence-corrected chi connectivity index (χ4v) is 3.62. The fourth-order valence-electron chi connectivity index (χ4n) is 3.12. The summed E-state index contributed by atoms with van der Waals surface area (Å²) in [6.07, 6.45) is 5.06. The Kier molecular flexibility index (Phi) is 5.40. The molecule has 1 N–H and O–H groups in total. The SMILES string of the molecule is CCNC(c1cc(F)ccc1Br)C1CCC(C)CC1. The van der Waals surface area contributed by atoms with Gasteiger partial charge in [0.2, 0.25) is 0 Å². The zero-order chi connectivity index (χ0) is 13.8. The number of hydrogen-bond donors (Lipinski definition) is 1. The molecule has 0 heterocycles. The Morgan fingerprint density at radius 2 is 2.00 bits per heavy atom. The predicted octanol–water partition coefficient (Wildman–Crippen LogP) is 5.07. The van der Waals surface area contributed by atoms with E-state index >= 15 is 0 Å². The molecule has 0 aliphatic heterocycles. The number of nitrogens with one attached hydrogen (secondary N) is 1. The molecule has 1 aromatic rings. The first-order valence-corrected chi connectivity index (χ1v) is 8.09. The Hall–Kier alpha value is -0.410. The van der Waals surface area contributed by atoms with Gasteiger partial charge < -0.3 is 5.32 Å². The third-order valence-corrected chi connectivity index (χ3v) is 4.97. The minimum atomic E-state index is -0.148. The monoisotopic (exact) mass is 327 g/mol. The maximum absolute atomic E-state index is 13.5. The van der Waals surface area contributed by atoms with E-state index in [4.69, 9.17) is 0 Å². The van der Waals surface area contributed by atoms with Gasteiger partial charge in [0.25, 0.3) is 0 Å². The first-order chi connectivity index (χ1) is 9.11. The quantitative estimate of drug-likeness (QED) is 0.814. The van der Waals surface area contributed by atoms with Crippen LogP contribution in [0.15, 0.2) is 22.7 Å². The average molecular weight is 328 g/mol. The maximum atomic E-state index is 13.5. The minimum Gasteiger partial charge on any atom is -0.310 e. The molecule has 0 radical (unpaired) electrons. The van der Waals surface area contributed by atoms with Crippen molar-refractivity contribution in [3.05, 3.63) is 34.1 Å². The van der Waals surface area contributed by atoms with Crippen molar-refractivity contribution in [1.29, 1.82) is 0 Å². The summed E-state index contributed by atoms with van der Waals surface area (Å²) in [6.45, 7) is 5.36. The third kappa shape index (κ3) is 3.79. The molecule has 1 atom stereocenters. The summed E-state index contributed by atoms with van der Waals surface area (Å²) in [7, 11) is 0. The molecular weight excluding hydrogens is 305 g/mol. The first-order valence-electron chi connectivity index (χ1n) is 7.30. The molecule has 1 aliphatic rings. The highest BCUT2D eigenvalue weighted by atomic mass is 79.9. The van der Waals surface area contributed by atoms with Crippen LogP contribution in [0.4, 0.5) is 4.39 Å². The number of hydrogen-bond acceptors (Lipinski definition) is 1. The van der Waals surface area contributed by atoms with Gasteiger partial charge in [-0.15, -0.1) is 0 Å². The molecule has 19 heavy (non-hydrogen) atoms. The van der Waals surface area contributed by atoms with Crippen molar-refractivity contribution >= 4 is 15.9 Å². The molecule has 1 nitrogen and oxygen atoms in total. The molecule has 2 rings (SSSR count). The largest absolute Gasteiger partial charge is 0.310 e. The maximum Gasteiger partial charge on any atom is 0.123 e. The van der Waals surface area contributed by atoms with Crippen LogP contribution in [0, 0.1) is 17.7 Å². The van der Waals surface area contributed by atoms with E-state index in [0.717, 1.165) is 22.5 Å². The number of rotatable bonds is 4. The lowest BCUT2D eigenvalue weighted by atomic mass is 9.77. The van der Waals surface area contributed by atoms with Gasteiger partial charge >= 0.3 is 0 Å². The Morgan fingerprint density at radius 1 is 1.32 bits per heavy atom. The first kappa shape index (κ1) is 15.0.